The molecular formula is C23H23FN2OS. The first-order valence-corrected chi connectivity index (χ1v) is 10.4. The fraction of sp³-hybridized carbons (Fsp3) is 0.261. The van der Waals surface area contributed by atoms with Crippen LogP contribution in [0.4, 0.5) is 4.39 Å². The van der Waals surface area contributed by atoms with Crippen LogP contribution in [-0.2, 0) is 24.2 Å². The molecule has 1 N–H and O–H groups in total. The van der Waals surface area contributed by atoms with Crippen LogP contribution >= 0.6 is 11.3 Å². The average Bonchev–Trinajstić information content (AvgIpc) is 3.24. The maximum Gasteiger partial charge on any atom is 0.224 e. The van der Waals surface area contributed by atoms with Gasteiger partial charge in [-0.15, -0.1) is 11.3 Å². The Morgan fingerprint density at radius 3 is 2.61 bits per heavy atom. The molecule has 3 nitrogen and oxygen atoms in total. The van der Waals surface area contributed by atoms with E-state index in [1.54, 1.807) is 23.5 Å². The standard InChI is InChI=1S/C23H23FN2OS/c24-20-9-7-17(8-10-20)14-23(27)25-15-21(22-6-3-13-28-22)26-12-11-18-4-1-2-5-19(18)16-26/h1-10,13,21H,11-12,14-16H2,(H,25,27)/t21-/m0/s1. The Balaban J connectivity index is 1.43. The number of hydrogen-bond donors (Lipinski definition) is 1. The fourth-order valence-electron chi connectivity index (χ4n) is 3.73. The molecule has 1 aliphatic rings. The van der Waals surface area contributed by atoms with Gasteiger partial charge in [-0.1, -0.05) is 42.5 Å². The summed E-state index contributed by atoms with van der Waals surface area (Å²) in [6, 6.07) is 19.1. The van der Waals surface area contributed by atoms with Crippen LogP contribution in [0, 0.1) is 5.82 Å². The molecule has 0 bridgehead atoms. The summed E-state index contributed by atoms with van der Waals surface area (Å²) in [4.78, 5) is 16.1. The molecule has 1 amide bonds. The number of nitrogens with zero attached hydrogens (tertiary/aromatic N) is 1. The molecule has 1 aliphatic heterocycles. The molecule has 3 aromatic rings. The van der Waals surface area contributed by atoms with Crippen molar-refractivity contribution in [2.45, 2.75) is 25.4 Å². The lowest BCUT2D eigenvalue weighted by molar-refractivity contribution is -0.120. The van der Waals surface area contributed by atoms with Gasteiger partial charge in [-0.25, -0.2) is 4.39 Å². The number of carbonyl (C=O) groups excluding carboxylic acids is 1. The minimum absolute atomic E-state index is 0.0365. The van der Waals surface area contributed by atoms with Gasteiger partial charge in [0.2, 0.25) is 5.91 Å². The lowest BCUT2D eigenvalue weighted by Crippen LogP contribution is -2.40. The van der Waals surface area contributed by atoms with E-state index in [4.69, 9.17) is 0 Å². The summed E-state index contributed by atoms with van der Waals surface area (Å²) in [6.45, 7) is 2.45. The molecule has 0 saturated carbocycles. The summed E-state index contributed by atoms with van der Waals surface area (Å²) in [7, 11) is 0. The second-order valence-corrected chi connectivity index (χ2v) is 8.11. The molecule has 0 spiro atoms. The Hall–Kier alpha value is -2.50. The summed E-state index contributed by atoms with van der Waals surface area (Å²) in [6.07, 6.45) is 1.29. The molecule has 1 atom stereocenters. The summed E-state index contributed by atoms with van der Waals surface area (Å²) in [5.41, 5.74) is 3.61. The Bertz CT molecular complexity index is 924. The molecule has 4 rings (SSSR count). The second-order valence-electron chi connectivity index (χ2n) is 7.13. The maximum atomic E-state index is 13.0. The number of benzene rings is 2. The van der Waals surface area contributed by atoms with Gasteiger partial charge in [-0.05, 0) is 46.7 Å². The second kappa shape index (κ2) is 8.67. The van der Waals surface area contributed by atoms with Crippen molar-refractivity contribution >= 4 is 17.2 Å². The minimum atomic E-state index is -0.285. The highest BCUT2D eigenvalue weighted by Gasteiger charge is 2.25. The maximum absolute atomic E-state index is 13.0. The van der Waals surface area contributed by atoms with E-state index in [1.807, 2.05) is 0 Å². The smallest absolute Gasteiger partial charge is 0.224 e. The molecule has 0 radical (unpaired) electrons. The first kappa shape index (κ1) is 18.8. The zero-order valence-electron chi connectivity index (χ0n) is 15.6. The van der Waals surface area contributed by atoms with Gasteiger partial charge in [0.15, 0.2) is 0 Å². The summed E-state index contributed by atoms with van der Waals surface area (Å²) >= 11 is 1.73. The first-order chi connectivity index (χ1) is 13.7. The Morgan fingerprint density at radius 1 is 1.07 bits per heavy atom. The number of rotatable bonds is 6. The van der Waals surface area contributed by atoms with Gasteiger partial charge in [0.25, 0.3) is 0 Å². The van der Waals surface area contributed by atoms with Crippen molar-refractivity contribution in [3.8, 4) is 0 Å². The third-order valence-corrected chi connectivity index (χ3v) is 6.22. The molecule has 144 valence electrons. The SMILES string of the molecule is O=C(Cc1ccc(F)cc1)NC[C@@H](c1cccs1)N1CCc2ccccc2C1. The Labute approximate surface area is 168 Å². The highest BCUT2D eigenvalue weighted by molar-refractivity contribution is 7.10. The molecule has 28 heavy (non-hydrogen) atoms. The highest BCUT2D eigenvalue weighted by Crippen LogP contribution is 2.30. The quantitative estimate of drug-likeness (QED) is 0.674. The molecule has 0 fully saturated rings. The molecule has 2 heterocycles. The van der Waals surface area contributed by atoms with Crippen molar-refractivity contribution in [2.24, 2.45) is 0 Å². The first-order valence-electron chi connectivity index (χ1n) is 9.54. The van der Waals surface area contributed by atoms with E-state index >= 15 is 0 Å². The van der Waals surface area contributed by atoms with Crippen LogP contribution in [0.5, 0.6) is 0 Å². The summed E-state index contributed by atoms with van der Waals surface area (Å²) < 4.78 is 13.0. The number of fused-ring (bicyclic) bond motifs is 1. The molecule has 0 unspecified atom stereocenters. The molecule has 5 heteroatoms. The van der Waals surface area contributed by atoms with Crippen molar-refractivity contribution in [3.05, 3.63) is 93.4 Å². The van der Waals surface area contributed by atoms with Crippen molar-refractivity contribution in [2.75, 3.05) is 13.1 Å². The van der Waals surface area contributed by atoms with Gasteiger partial charge in [0.1, 0.15) is 5.82 Å². The topological polar surface area (TPSA) is 32.3 Å². The van der Waals surface area contributed by atoms with E-state index in [9.17, 15) is 9.18 Å². The van der Waals surface area contributed by atoms with E-state index < -0.39 is 0 Å². The van der Waals surface area contributed by atoms with Crippen molar-refractivity contribution in [1.82, 2.24) is 10.2 Å². The fourth-order valence-corrected chi connectivity index (χ4v) is 4.60. The van der Waals surface area contributed by atoms with Crippen LogP contribution in [0.1, 0.15) is 27.6 Å². The zero-order chi connectivity index (χ0) is 19.3. The number of halogens is 1. The molecule has 0 aliphatic carbocycles. The number of hydrogen-bond acceptors (Lipinski definition) is 3. The van der Waals surface area contributed by atoms with Crippen LogP contribution < -0.4 is 5.32 Å². The van der Waals surface area contributed by atoms with Gasteiger partial charge in [-0.3, -0.25) is 9.69 Å². The van der Waals surface area contributed by atoms with Gasteiger partial charge in [0, 0.05) is 24.5 Å². The zero-order valence-corrected chi connectivity index (χ0v) is 16.4. The molecule has 1 aromatic heterocycles. The highest BCUT2D eigenvalue weighted by atomic mass is 32.1. The van der Waals surface area contributed by atoms with Crippen LogP contribution in [-0.4, -0.2) is 23.9 Å². The lowest BCUT2D eigenvalue weighted by atomic mass is 9.98. The van der Waals surface area contributed by atoms with Crippen molar-refractivity contribution in [1.29, 1.82) is 0 Å². The molecule has 0 saturated heterocycles. The van der Waals surface area contributed by atoms with E-state index in [0.29, 0.717) is 6.54 Å². The van der Waals surface area contributed by atoms with E-state index in [1.165, 1.54) is 28.1 Å². The monoisotopic (exact) mass is 394 g/mol. The van der Waals surface area contributed by atoms with Gasteiger partial charge >= 0.3 is 0 Å². The summed E-state index contributed by atoms with van der Waals surface area (Å²) in [5.74, 6) is -0.321. The van der Waals surface area contributed by atoms with E-state index in [-0.39, 0.29) is 24.2 Å². The third kappa shape index (κ3) is 4.49. The predicted molar refractivity (Wildman–Crippen MR) is 111 cm³/mol. The van der Waals surface area contributed by atoms with Crippen LogP contribution in [0.2, 0.25) is 0 Å². The number of thiophene rings is 1. The third-order valence-electron chi connectivity index (χ3n) is 5.24. The van der Waals surface area contributed by atoms with E-state index in [2.05, 4.69) is 52.0 Å². The molecule has 2 aromatic carbocycles. The van der Waals surface area contributed by atoms with Crippen molar-refractivity contribution in [3.63, 3.8) is 0 Å². The number of nitrogens with one attached hydrogen (secondary N) is 1. The van der Waals surface area contributed by atoms with Gasteiger partial charge in [0.05, 0.1) is 12.5 Å². The lowest BCUT2D eigenvalue weighted by Gasteiger charge is -2.35. The van der Waals surface area contributed by atoms with Crippen LogP contribution in [0.3, 0.4) is 0 Å². The van der Waals surface area contributed by atoms with Gasteiger partial charge in [-0.2, -0.15) is 0 Å². The Kier molecular flexibility index (Phi) is 5.84. The normalized spacial score (nSPS) is 15.0. The van der Waals surface area contributed by atoms with Crippen LogP contribution in [0.25, 0.3) is 0 Å². The predicted octanol–water partition coefficient (Wildman–Crippen LogP) is 4.35. The Morgan fingerprint density at radius 2 is 1.86 bits per heavy atom. The summed E-state index contributed by atoms with van der Waals surface area (Å²) in [5, 5.41) is 5.17. The van der Waals surface area contributed by atoms with E-state index in [0.717, 1.165) is 25.1 Å². The van der Waals surface area contributed by atoms with Crippen molar-refractivity contribution < 1.29 is 9.18 Å². The number of amides is 1. The van der Waals surface area contributed by atoms with Gasteiger partial charge < -0.3 is 5.32 Å². The largest absolute Gasteiger partial charge is 0.354 e. The van der Waals surface area contributed by atoms with Crippen LogP contribution in [0.15, 0.2) is 66.0 Å². The minimum Gasteiger partial charge on any atom is -0.354 e. The number of carbonyl (C=O) groups is 1. The average molecular weight is 395 g/mol. The molecular weight excluding hydrogens is 371 g/mol.